The molecule has 172 valence electrons. The van der Waals surface area contributed by atoms with Crippen LogP contribution in [-0.4, -0.2) is 42.0 Å². The average Bonchev–Trinajstić information content (AvgIpc) is 2.89. The SMILES string of the molecule is C[C@@H]1CCN(C)c2ccc(-c3cccc(OC(F)(F)F)c3)nc2N1C(=O)Nc1ccccn1. The number of rotatable bonds is 3. The first kappa shape index (κ1) is 22.4. The lowest BCUT2D eigenvalue weighted by Gasteiger charge is -2.28. The predicted octanol–water partition coefficient (Wildman–Crippen LogP) is 5.31. The van der Waals surface area contributed by atoms with Crippen molar-refractivity contribution < 1.29 is 22.7 Å². The van der Waals surface area contributed by atoms with Crippen LogP contribution in [0, 0.1) is 0 Å². The number of aromatic nitrogens is 2. The van der Waals surface area contributed by atoms with Gasteiger partial charge in [0.05, 0.1) is 11.4 Å². The maximum atomic E-state index is 13.2. The highest BCUT2D eigenvalue weighted by Crippen LogP contribution is 2.36. The van der Waals surface area contributed by atoms with Crippen molar-refractivity contribution in [3.05, 3.63) is 60.8 Å². The molecule has 1 aliphatic heterocycles. The lowest BCUT2D eigenvalue weighted by atomic mass is 10.1. The summed E-state index contributed by atoms with van der Waals surface area (Å²) in [5.41, 5.74) is 1.59. The number of alkyl halides is 3. The second-order valence-electron chi connectivity index (χ2n) is 7.69. The molecule has 7 nitrogen and oxygen atoms in total. The van der Waals surface area contributed by atoms with Crippen molar-refractivity contribution in [1.29, 1.82) is 0 Å². The molecule has 2 amide bonds. The first-order chi connectivity index (χ1) is 15.7. The Kier molecular flexibility index (Phi) is 6.08. The zero-order valence-corrected chi connectivity index (χ0v) is 18.0. The van der Waals surface area contributed by atoms with Gasteiger partial charge in [-0.05, 0) is 49.7 Å². The number of nitrogens with one attached hydrogen (secondary N) is 1. The summed E-state index contributed by atoms with van der Waals surface area (Å²) >= 11 is 0. The molecule has 3 heterocycles. The van der Waals surface area contributed by atoms with Crippen molar-refractivity contribution in [2.24, 2.45) is 0 Å². The normalized spacial score (nSPS) is 16.1. The first-order valence-electron chi connectivity index (χ1n) is 10.3. The van der Waals surface area contributed by atoms with Crippen LogP contribution in [0.3, 0.4) is 0 Å². The van der Waals surface area contributed by atoms with Gasteiger partial charge in [-0.1, -0.05) is 18.2 Å². The number of benzene rings is 1. The minimum Gasteiger partial charge on any atom is -0.406 e. The van der Waals surface area contributed by atoms with Gasteiger partial charge in [0.1, 0.15) is 11.6 Å². The van der Waals surface area contributed by atoms with Crippen LogP contribution in [0.25, 0.3) is 11.3 Å². The summed E-state index contributed by atoms with van der Waals surface area (Å²) in [4.78, 5) is 25.6. The van der Waals surface area contributed by atoms with Gasteiger partial charge in [0, 0.05) is 31.4 Å². The molecule has 3 aromatic rings. The van der Waals surface area contributed by atoms with Gasteiger partial charge in [-0.25, -0.2) is 14.8 Å². The van der Waals surface area contributed by atoms with E-state index in [1.165, 1.54) is 18.2 Å². The summed E-state index contributed by atoms with van der Waals surface area (Å²) < 4.78 is 42.0. The van der Waals surface area contributed by atoms with Crippen LogP contribution in [0.4, 0.5) is 35.3 Å². The van der Waals surface area contributed by atoms with Gasteiger partial charge in [-0.3, -0.25) is 10.2 Å². The zero-order valence-electron chi connectivity index (χ0n) is 18.0. The van der Waals surface area contributed by atoms with E-state index in [9.17, 15) is 18.0 Å². The van der Waals surface area contributed by atoms with Crippen molar-refractivity contribution in [3.63, 3.8) is 0 Å². The summed E-state index contributed by atoms with van der Waals surface area (Å²) in [6.45, 7) is 2.63. The number of carbonyl (C=O) groups excluding carboxylic acids is 1. The molecule has 0 saturated carbocycles. The molecule has 0 fully saturated rings. The Hall–Kier alpha value is -3.82. The highest BCUT2D eigenvalue weighted by Gasteiger charge is 2.32. The molecule has 0 aliphatic carbocycles. The number of amides is 2. The summed E-state index contributed by atoms with van der Waals surface area (Å²) in [5, 5.41) is 2.79. The summed E-state index contributed by atoms with van der Waals surface area (Å²) in [7, 11) is 1.91. The number of pyridine rings is 2. The molecule has 0 spiro atoms. The smallest absolute Gasteiger partial charge is 0.406 e. The third-order valence-electron chi connectivity index (χ3n) is 5.30. The Morgan fingerprint density at radius 2 is 1.97 bits per heavy atom. The van der Waals surface area contributed by atoms with E-state index < -0.39 is 12.4 Å². The Bertz CT molecular complexity index is 1140. The molecule has 0 radical (unpaired) electrons. The van der Waals surface area contributed by atoms with Gasteiger partial charge in [0.15, 0.2) is 5.82 Å². The Balaban J connectivity index is 1.73. The Morgan fingerprint density at radius 3 is 2.70 bits per heavy atom. The second kappa shape index (κ2) is 8.97. The highest BCUT2D eigenvalue weighted by atomic mass is 19.4. The van der Waals surface area contributed by atoms with Crippen molar-refractivity contribution in [2.75, 3.05) is 28.7 Å². The average molecular weight is 457 g/mol. The van der Waals surface area contributed by atoms with E-state index in [-0.39, 0.29) is 11.8 Å². The van der Waals surface area contributed by atoms with Gasteiger partial charge in [-0.15, -0.1) is 13.2 Å². The van der Waals surface area contributed by atoms with E-state index in [4.69, 9.17) is 4.98 Å². The van der Waals surface area contributed by atoms with Crippen LogP contribution >= 0.6 is 0 Å². The molecule has 0 unspecified atom stereocenters. The zero-order chi connectivity index (χ0) is 23.6. The number of hydrogen-bond donors (Lipinski definition) is 1. The summed E-state index contributed by atoms with van der Waals surface area (Å²) in [6.07, 6.45) is -2.51. The first-order valence-corrected chi connectivity index (χ1v) is 10.3. The van der Waals surface area contributed by atoms with Crippen LogP contribution in [-0.2, 0) is 0 Å². The minimum atomic E-state index is -4.79. The third kappa shape index (κ3) is 5.16. The van der Waals surface area contributed by atoms with Crippen molar-refractivity contribution in [3.8, 4) is 17.0 Å². The molecule has 4 rings (SSSR count). The Morgan fingerprint density at radius 1 is 1.15 bits per heavy atom. The molecule has 1 aromatic carbocycles. The molecule has 1 atom stereocenters. The van der Waals surface area contributed by atoms with Crippen LogP contribution in [0.1, 0.15) is 13.3 Å². The van der Waals surface area contributed by atoms with Crippen LogP contribution < -0.4 is 19.9 Å². The molecule has 2 aromatic heterocycles. The lowest BCUT2D eigenvalue weighted by molar-refractivity contribution is -0.274. The summed E-state index contributed by atoms with van der Waals surface area (Å²) in [5.74, 6) is 0.476. The van der Waals surface area contributed by atoms with E-state index in [1.54, 1.807) is 41.4 Å². The van der Waals surface area contributed by atoms with E-state index in [2.05, 4.69) is 15.0 Å². The van der Waals surface area contributed by atoms with Crippen molar-refractivity contribution in [2.45, 2.75) is 25.7 Å². The van der Waals surface area contributed by atoms with Gasteiger partial charge in [0.25, 0.3) is 0 Å². The number of fused-ring (bicyclic) bond motifs is 1. The fraction of sp³-hybridized carbons (Fsp3) is 0.261. The highest BCUT2D eigenvalue weighted by molar-refractivity contribution is 6.03. The van der Waals surface area contributed by atoms with Crippen LogP contribution in [0.15, 0.2) is 60.8 Å². The number of halogens is 3. The van der Waals surface area contributed by atoms with Gasteiger partial charge in [-0.2, -0.15) is 0 Å². The molecule has 0 bridgehead atoms. The van der Waals surface area contributed by atoms with E-state index in [0.717, 1.165) is 5.69 Å². The van der Waals surface area contributed by atoms with Crippen LogP contribution in [0.2, 0.25) is 0 Å². The third-order valence-corrected chi connectivity index (χ3v) is 5.30. The molecular weight excluding hydrogens is 435 g/mol. The summed E-state index contributed by atoms with van der Waals surface area (Å²) in [6, 6.07) is 13.8. The van der Waals surface area contributed by atoms with E-state index in [0.29, 0.717) is 35.9 Å². The molecule has 1 aliphatic rings. The Labute approximate surface area is 188 Å². The quantitative estimate of drug-likeness (QED) is 0.577. The lowest BCUT2D eigenvalue weighted by Crippen LogP contribution is -2.42. The molecule has 1 N–H and O–H groups in total. The van der Waals surface area contributed by atoms with Crippen molar-refractivity contribution in [1.82, 2.24) is 9.97 Å². The largest absolute Gasteiger partial charge is 0.573 e. The van der Waals surface area contributed by atoms with Gasteiger partial charge in [0.2, 0.25) is 0 Å². The number of hydrogen-bond acceptors (Lipinski definition) is 5. The molecular formula is C23H22F3N5O2. The number of urea groups is 1. The van der Waals surface area contributed by atoms with E-state index in [1.807, 2.05) is 24.9 Å². The number of anilines is 3. The standard InChI is InChI=1S/C23H22F3N5O2/c1-15-11-13-30(2)19-10-9-18(16-6-5-7-17(14-16)33-23(24,25)26)28-21(19)31(15)22(32)29-20-8-3-4-12-27-20/h3-10,12,14-15H,11,13H2,1-2H3,(H,27,29,32)/t15-/m1/s1. The van der Waals surface area contributed by atoms with Crippen LogP contribution in [0.5, 0.6) is 5.75 Å². The van der Waals surface area contributed by atoms with E-state index >= 15 is 0 Å². The van der Waals surface area contributed by atoms with Gasteiger partial charge >= 0.3 is 12.4 Å². The minimum absolute atomic E-state index is 0.181. The van der Waals surface area contributed by atoms with Gasteiger partial charge < -0.3 is 9.64 Å². The molecule has 33 heavy (non-hydrogen) atoms. The molecule has 0 saturated heterocycles. The number of nitrogens with zero attached hydrogens (tertiary/aromatic N) is 4. The topological polar surface area (TPSA) is 70.6 Å². The molecule has 10 heteroatoms. The number of carbonyl (C=O) groups is 1. The number of ether oxygens (including phenoxy) is 1. The predicted molar refractivity (Wildman–Crippen MR) is 119 cm³/mol. The second-order valence-corrected chi connectivity index (χ2v) is 7.69. The fourth-order valence-electron chi connectivity index (χ4n) is 3.67. The van der Waals surface area contributed by atoms with Crippen molar-refractivity contribution >= 4 is 23.4 Å². The maximum Gasteiger partial charge on any atom is 0.573 e. The monoisotopic (exact) mass is 457 g/mol. The fourth-order valence-corrected chi connectivity index (χ4v) is 3.67. The maximum absolute atomic E-state index is 13.2.